The van der Waals surface area contributed by atoms with Gasteiger partial charge in [-0.1, -0.05) is 17.7 Å². The zero-order chi connectivity index (χ0) is 11.3. The Morgan fingerprint density at radius 3 is 2.80 bits per heavy atom. The average Bonchev–Trinajstić information content (AvgIpc) is 2.25. The largest absolute Gasteiger partial charge is 0.497 e. The van der Waals surface area contributed by atoms with Gasteiger partial charge in [-0.2, -0.15) is 0 Å². The molecule has 4 heteroatoms. The summed E-state index contributed by atoms with van der Waals surface area (Å²) in [6.45, 7) is 0.878. The molecule has 0 amide bonds. The van der Waals surface area contributed by atoms with Crippen molar-refractivity contribution >= 4 is 11.6 Å². The number of halogens is 1. The van der Waals surface area contributed by atoms with Crippen molar-refractivity contribution in [2.75, 3.05) is 20.7 Å². The summed E-state index contributed by atoms with van der Waals surface area (Å²) in [5.41, 5.74) is 6.97. The Morgan fingerprint density at radius 1 is 1.53 bits per heavy atom. The maximum absolute atomic E-state index is 6.10. The molecular formula is C11H17ClN2O. The number of hydrogen-bond acceptors (Lipinski definition) is 3. The Morgan fingerprint density at radius 2 is 2.27 bits per heavy atom. The van der Waals surface area contributed by atoms with Crippen LogP contribution in [0.1, 0.15) is 18.0 Å². The highest BCUT2D eigenvalue weighted by molar-refractivity contribution is 6.31. The number of rotatable bonds is 5. The van der Waals surface area contributed by atoms with Crippen LogP contribution in [0.25, 0.3) is 0 Å². The molecule has 0 bridgehead atoms. The fraction of sp³-hybridized carbons (Fsp3) is 0.455. The molecule has 0 aliphatic heterocycles. The summed E-state index contributed by atoms with van der Waals surface area (Å²) < 4.78 is 5.07. The predicted molar refractivity (Wildman–Crippen MR) is 63.5 cm³/mol. The minimum absolute atomic E-state index is 0.0316. The lowest BCUT2D eigenvalue weighted by Gasteiger charge is -2.14. The molecule has 1 rings (SSSR count). The quantitative estimate of drug-likeness (QED) is 0.810. The Bertz CT molecular complexity index is 317. The van der Waals surface area contributed by atoms with E-state index in [9.17, 15) is 0 Å². The van der Waals surface area contributed by atoms with Crippen LogP contribution in [0.4, 0.5) is 0 Å². The van der Waals surface area contributed by atoms with Crippen LogP contribution >= 0.6 is 11.6 Å². The molecule has 84 valence electrons. The minimum Gasteiger partial charge on any atom is -0.497 e. The topological polar surface area (TPSA) is 47.3 Å². The summed E-state index contributed by atoms with van der Waals surface area (Å²) in [6.07, 6.45) is 0.864. The van der Waals surface area contributed by atoms with Gasteiger partial charge in [-0.25, -0.2) is 0 Å². The summed E-state index contributed by atoms with van der Waals surface area (Å²) in [5, 5.41) is 3.73. The van der Waals surface area contributed by atoms with Crippen molar-refractivity contribution in [3.8, 4) is 5.75 Å². The molecule has 1 unspecified atom stereocenters. The first-order valence-electron chi connectivity index (χ1n) is 4.92. The van der Waals surface area contributed by atoms with E-state index >= 15 is 0 Å². The molecule has 0 aliphatic rings. The van der Waals surface area contributed by atoms with Gasteiger partial charge >= 0.3 is 0 Å². The van der Waals surface area contributed by atoms with E-state index in [2.05, 4.69) is 5.32 Å². The van der Waals surface area contributed by atoms with Crippen LogP contribution in [0.2, 0.25) is 5.02 Å². The third kappa shape index (κ3) is 3.38. The van der Waals surface area contributed by atoms with Crippen LogP contribution in [-0.4, -0.2) is 20.7 Å². The first-order chi connectivity index (χ1) is 7.19. The normalized spacial score (nSPS) is 12.5. The maximum atomic E-state index is 6.10. The van der Waals surface area contributed by atoms with Crippen LogP contribution in [0.5, 0.6) is 5.75 Å². The molecule has 1 aromatic rings. The van der Waals surface area contributed by atoms with Crippen LogP contribution in [0.3, 0.4) is 0 Å². The second kappa shape index (κ2) is 5.95. The van der Waals surface area contributed by atoms with Gasteiger partial charge in [0.2, 0.25) is 0 Å². The van der Waals surface area contributed by atoms with E-state index in [4.69, 9.17) is 22.1 Å². The highest BCUT2D eigenvalue weighted by Gasteiger charge is 2.10. The zero-order valence-corrected chi connectivity index (χ0v) is 9.84. The summed E-state index contributed by atoms with van der Waals surface area (Å²) in [4.78, 5) is 0. The van der Waals surface area contributed by atoms with Gasteiger partial charge in [0.05, 0.1) is 7.11 Å². The van der Waals surface area contributed by atoms with Crippen molar-refractivity contribution in [2.24, 2.45) is 5.73 Å². The molecule has 0 saturated heterocycles. The number of hydrogen-bond donors (Lipinski definition) is 2. The molecule has 15 heavy (non-hydrogen) atoms. The van der Waals surface area contributed by atoms with Gasteiger partial charge in [0, 0.05) is 11.1 Å². The van der Waals surface area contributed by atoms with E-state index < -0.39 is 0 Å². The van der Waals surface area contributed by atoms with Crippen molar-refractivity contribution in [1.29, 1.82) is 0 Å². The van der Waals surface area contributed by atoms with Gasteiger partial charge in [0.1, 0.15) is 5.75 Å². The lowest BCUT2D eigenvalue weighted by molar-refractivity contribution is 0.414. The lowest BCUT2D eigenvalue weighted by Crippen LogP contribution is -2.18. The summed E-state index contributed by atoms with van der Waals surface area (Å²) in [6, 6.07) is 5.55. The Hall–Kier alpha value is -0.770. The summed E-state index contributed by atoms with van der Waals surface area (Å²) >= 11 is 6.10. The molecule has 1 aromatic carbocycles. The Kier molecular flexibility index (Phi) is 4.88. The molecule has 3 nitrogen and oxygen atoms in total. The molecule has 0 heterocycles. The van der Waals surface area contributed by atoms with Gasteiger partial charge in [-0.15, -0.1) is 0 Å². The van der Waals surface area contributed by atoms with Crippen LogP contribution in [0.15, 0.2) is 18.2 Å². The zero-order valence-electron chi connectivity index (χ0n) is 9.09. The molecule has 0 fully saturated rings. The van der Waals surface area contributed by atoms with Crippen molar-refractivity contribution in [3.63, 3.8) is 0 Å². The Balaban J connectivity index is 2.76. The number of benzene rings is 1. The molecule has 0 radical (unpaired) electrons. The third-order valence-electron chi connectivity index (χ3n) is 2.31. The van der Waals surface area contributed by atoms with Gasteiger partial charge in [0.25, 0.3) is 0 Å². The molecule has 0 aromatic heterocycles. The van der Waals surface area contributed by atoms with Crippen LogP contribution < -0.4 is 15.8 Å². The van der Waals surface area contributed by atoms with Gasteiger partial charge in [0.15, 0.2) is 0 Å². The van der Waals surface area contributed by atoms with Gasteiger partial charge < -0.3 is 15.8 Å². The molecule has 0 aliphatic carbocycles. The summed E-state index contributed by atoms with van der Waals surface area (Å²) in [7, 11) is 3.52. The number of nitrogens with one attached hydrogen (secondary N) is 1. The Labute approximate surface area is 95.6 Å². The minimum atomic E-state index is -0.0316. The van der Waals surface area contributed by atoms with E-state index in [-0.39, 0.29) is 6.04 Å². The fourth-order valence-electron chi connectivity index (χ4n) is 1.39. The van der Waals surface area contributed by atoms with Crippen molar-refractivity contribution < 1.29 is 4.74 Å². The second-order valence-corrected chi connectivity index (χ2v) is 3.79. The molecular weight excluding hydrogens is 212 g/mol. The van der Waals surface area contributed by atoms with E-state index in [1.165, 1.54) is 0 Å². The lowest BCUT2D eigenvalue weighted by atomic mass is 10.0. The first-order valence-corrected chi connectivity index (χ1v) is 5.30. The standard InChI is InChI=1S/C11H17ClN2O/c1-14-6-5-11(13)9-4-3-8(15-2)7-10(9)12/h3-4,7,11,14H,5-6,13H2,1-2H3. The van der Waals surface area contributed by atoms with Crippen molar-refractivity contribution in [3.05, 3.63) is 28.8 Å². The number of ether oxygens (including phenoxy) is 1. The van der Waals surface area contributed by atoms with Crippen LogP contribution in [-0.2, 0) is 0 Å². The van der Waals surface area contributed by atoms with E-state index in [0.29, 0.717) is 5.02 Å². The molecule has 0 saturated carbocycles. The van der Waals surface area contributed by atoms with E-state index in [1.54, 1.807) is 13.2 Å². The first kappa shape index (κ1) is 12.3. The number of nitrogens with two attached hydrogens (primary N) is 1. The van der Waals surface area contributed by atoms with Crippen LogP contribution in [0, 0.1) is 0 Å². The SMILES string of the molecule is CNCCC(N)c1ccc(OC)cc1Cl. The molecule has 0 spiro atoms. The fourth-order valence-corrected chi connectivity index (χ4v) is 1.70. The molecule has 1 atom stereocenters. The van der Waals surface area contributed by atoms with E-state index in [1.807, 2.05) is 19.2 Å². The highest BCUT2D eigenvalue weighted by atomic mass is 35.5. The number of methoxy groups -OCH3 is 1. The van der Waals surface area contributed by atoms with Crippen molar-refractivity contribution in [1.82, 2.24) is 5.32 Å². The smallest absolute Gasteiger partial charge is 0.120 e. The third-order valence-corrected chi connectivity index (χ3v) is 2.64. The monoisotopic (exact) mass is 228 g/mol. The molecule has 3 N–H and O–H groups in total. The average molecular weight is 229 g/mol. The second-order valence-electron chi connectivity index (χ2n) is 3.39. The predicted octanol–water partition coefficient (Wildman–Crippen LogP) is 1.96. The highest BCUT2D eigenvalue weighted by Crippen LogP contribution is 2.27. The summed E-state index contributed by atoms with van der Waals surface area (Å²) in [5.74, 6) is 0.754. The van der Waals surface area contributed by atoms with Crippen molar-refractivity contribution in [2.45, 2.75) is 12.5 Å². The van der Waals surface area contributed by atoms with Gasteiger partial charge in [-0.3, -0.25) is 0 Å². The van der Waals surface area contributed by atoms with E-state index in [0.717, 1.165) is 24.3 Å². The maximum Gasteiger partial charge on any atom is 0.120 e. The van der Waals surface area contributed by atoms with Gasteiger partial charge in [-0.05, 0) is 37.7 Å².